The van der Waals surface area contributed by atoms with Gasteiger partial charge in [0.05, 0.1) is 25.4 Å². The molecule has 4 heterocycles. The lowest BCUT2D eigenvalue weighted by Gasteiger charge is -2.28. The highest BCUT2D eigenvalue weighted by Crippen LogP contribution is 2.30. The van der Waals surface area contributed by atoms with Gasteiger partial charge < -0.3 is 25.0 Å². The van der Waals surface area contributed by atoms with Gasteiger partial charge in [-0.2, -0.15) is 0 Å². The lowest BCUT2D eigenvalue weighted by Crippen LogP contribution is -2.37. The number of aliphatic hydroxyl groups excluding tert-OH is 1. The third-order valence-corrected chi connectivity index (χ3v) is 4.59. The zero-order valence-corrected chi connectivity index (χ0v) is 16.0. The molecule has 0 saturated carbocycles. The lowest BCUT2D eigenvalue weighted by molar-refractivity contribution is 0.122. The molecule has 0 radical (unpaired) electrons. The Kier molecular flexibility index (Phi) is 4.71. The minimum absolute atomic E-state index is 0.0915. The molecule has 1 saturated heterocycles. The van der Waals surface area contributed by atoms with Crippen molar-refractivity contribution in [2.75, 3.05) is 43.5 Å². The third-order valence-electron chi connectivity index (χ3n) is 4.59. The van der Waals surface area contributed by atoms with E-state index in [1.54, 1.807) is 30.8 Å². The highest BCUT2D eigenvalue weighted by molar-refractivity contribution is 5.86. The summed E-state index contributed by atoms with van der Waals surface area (Å²) in [7, 11) is 0. The van der Waals surface area contributed by atoms with Crippen molar-refractivity contribution in [3.05, 3.63) is 18.2 Å². The molecule has 1 fully saturated rings. The Bertz CT molecular complexity index is 1010. The second-order valence-corrected chi connectivity index (χ2v) is 6.78. The first-order chi connectivity index (χ1) is 13.9. The lowest BCUT2D eigenvalue weighted by atomic mass is 10.2. The second kappa shape index (κ2) is 7.64. The van der Waals surface area contributed by atoms with Crippen molar-refractivity contribution in [1.29, 1.82) is 0 Å². The number of fused-ring (bicyclic) bond motifs is 1. The van der Waals surface area contributed by atoms with E-state index in [1.165, 1.54) is 0 Å². The molecule has 0 aromatic carbocycles. The molecule has 10 nitrogen and oxygen atoms in total. The van der Waals surface area contributed by atoms with Gasteiger partial charge in [0, 0.05) is 39.3 Å². The van der Waals surface area contributed by atoms with Gasteiger partial charge in [-0.05, 0) is 0 Å². The average Bonchev–Trinajstić information content (AvgIpc) is 3.08. The molecule has 3 N–H and O–H groups in total. The number of hydrogen-bond acceptors (Lipinski definition) is 9. The molecule has 10 heteroatoms. The standard InChI is InChI=1S/C18H24N8O2/c1-11(2)15-22-13-16(25-4-7-28-8-5-25)23-14(12-9-20-18(19)21-10-12)24-17(13)26(15)3-6-27/h9-11,27H,3-8H2,1-2H3,(H2,19,20,21)/i11D. The van der Waals surface area contributed by atoms with Crippen molar-refractivity contribution >= 4 is 22.9 Å². The number of ether oxygens (including phenoxy) is 1. The van der Waals surface area contributed by atoms with Crippen LogP contribution in [0, 0.1) is 0 Å². The highest BCUT2D eigenvalue weighted by Gasteiger charge is 2.24. The number of anilines is 2. The number of hydrogen-bond donors (Lipinski definition) is 2. The van der Waals surface area contributed by atoms with E-state index in [0.29, 0.717) is 60.5 Å². The number of rotatable bonds is 5. The largest absolute Gasteiger partial charge is 0.395 e. The van der Waals surface area contributed by atoms with Crippen molar-refractivity contribution in [3.63, 3.8) is 0 Å². The molecule has 0 aliphatic carbocycles. The summed E-state index contributed by atoms with van der Waals surface area (Å²) in [4.78, 5) is 24.4. The molecular weight excluding hydrogens is 360 g/mol. The fourth-order valence-electron chi connectivity index (χ4n) is 3.26. The first-order valence-corrected chi connectivity index (χ1v) is 9.18. The van der Waals surface area contributed by atoms with Crippen LogP contribution in [0.1, 0.15) is 26.9 Å². The molecule has 1 aliphatic heterocycles. The van der Waals surface area contributed by atoms with Crippen molar-refractivity contribution < 1.29 is 11.2 Å². The monoisotopic (exact) mass is 385 g/mol. The number of nitrogen functional groups attached to an aromatic ring is 1. The SMILES string of the molecule is [2H]C(C)(C)c1nc2c(N3CCOCC3)nc(-c3cnc(N)nc3)nc2n1CCO. The quantitative estimate of drug-likeness (QED) is 0.656. The first-order valence-electron chi connectivity index (χ1n) is 9.68. The molecule has 0 unspecified atom stereocenters. The van der Waals surface area contributed by atoms with Gasteiger partial charge in [-0.25, -0.2) is 24.9 Å². The van der Waals surface area contributed by atoms with Gasteiger partial charge in [-0.1, -0.05) is 13.8 Å². The molecule has 0 spiro atoms. The minimum atomic E-state index is -0.970. The smallest absolute Gasteiger partial charge is 0.219 e. The Morgan fingerprint density at radius 1 is 1.21 bits per heavy atom. The van der Waals surface area contributed by atoms with E-state index < -0.39 is 5.89 Å². The van der Waals surface area contributed by atoms with Gasteiger partial charge in [-0.15, -0.1) is 0 Å². The van der Waals surface area contributed by atoms with E-state index in [2.05, 4.69) is 14.9 Å². The van der Waals surface area contributed by atoms with Crippen LogP contribution in [0.15, 0.2) is 12.4 Å². The molecular formula is C18H24N8O2. The van der Waals surface area contributed by atoms with Gasteiger partial charge in [-0.3, -0.25) is 0 Å². The minimum Gasteiger partial charge on any atom is -0.395 e. The number of imidazole rings is 1. The van der Waals surface area contributed by atoms with Gasteiger partial charge in [0.1, 0.15) is 5.82 Å². The van der Waals surface area contributed by atoms with Crippen molar-refractivity contribution in [2.45, 2.75) is 26.3 Å². The average molecular weight is 385 g/mol. The third kappa shape index (κ3) is 3.36. The highest BCUT2D eigenvalue weighted by atomic mass is 16.5. The van der Waals surface area contributed by atoms with Gasteiger partial charge in [0.15, 0.2) is 22.8 Å². The molecule has 0 atom stereocenters. The van der Waals surface area contributed by atoms with Crippen LogP contribution >= 0.6 is 0 Å². The summed E-state index contributed by atoms with van der Waals surface area (Å²) in [5.41, 5.74) is 7.41. The van der Waals surface area contributed by atoms with Gasteiger partial charge in [0.25, 0.3) is 0 Å². The zero-order chi connectivity index (χ0) is 20.6. The zero-order valence-electron chi connectivity index (χ0n) is 17.0. The molecule has 28 heavy (non-hydrogen) atoms. The van der Waals surface area contributed by atoms with Crippen LogP contribution in [0.4, 0.5) is 11.8 Å². The molecule has 0 amide bonds. The maximum atomic E-state index is 9.61. The summed E-state index contributed by atoms with van der Waals surface area (Å²) < 4.78 is 15.8. The fourth-order valence-corrected chi connectivity index (χ4v) is 3.26. The maximum Gasteiger partial charge on any atom is 0.219 e. The predicted octanol–water partition coefficient (Wildman–Crippen LogP) is 0.818. The van der Waals surface area contributed by atoms with Gasteiger partial charge in [0.2, 0.25) is 5.95 Å². The summed E-state index contributed by atoms with van der Waals surface area (Å²) in [6.45, 7) is 6.26. The van der Waals surface area contributed by atoms with Crippen LogP contribution in [0.2, 0.25) is 0 Å². The van der Waals surface area contributed by atoms with Crippen LogP contribution < -0.4 is 10.6 Å². The summed E-state index contributed by atoms with van der Waals surface area (Å²) >= 11 is 0. The number of nitrogens with two attached hydrogens (primary N) is 1. The number of nitrogens with zero attached hydrogens (tertiary/aromatic N) is 7. The van der Waals surface area contributed by atoms with E-state index in [9.17, 15) is 5.11 Å². The summed E-state index contributed by atoms with van der Waals surface area (Å²) in [5.74, 6) is 0.838. The Morgan fingerprint density at radius 3 is 2.57 bits per heavy atom. The molecule has 3 aromatic rings. The molecule has 148 valence electrons. The molecule has 1 aliphatic rings. The van der Waals surface area contributed by atoms with Crippen molar-refractivity contribution in [2.24, 2.45) is 0 Å². The van der Waals surface area contributed by atoms with Crippen LogP contribution in [0.3, 0.4) is 0 Å². The maximum absolute atomic E-state index is 9.61. The van der Waals surface area contributed by atoms with Crippen LogP contribution in [0.25, 0.3) is 22.6 Å². The summed E-state index contributed by atoms with van der Waals surface area (Å²) in [5, 5.41) is 9.61. The molecule has 0 bridgehead atoms. The van der Waals surface area contributed by atoms with E-state index in [0.717, 1.165) is 0 Å². The summed E-state index contributed by atoms with van der Waals surface area (Å²) in [6.07, 6.45) is 3.16. The van der Waals surface area contributed by atoms with Crippen molar-refractivity contribution in [1.82, 2.24) is 29.5 Å². The number of aliphatic hydroxyl groups is 1. The summed E-state index contributed by atoms with van der Waals surface area (Å²) in [6, 6.07) is 0. The molecule has 4 rings (SSSR count). The molecule has 3 aromatic heterocycles. The Labute approximate surface area is 163 Å². The van der Waals surface area contributed by atoms with E-state index in [1.807, 2.05) is 0 Å². The Hall–Kier alpha value is -2.85. The van der Waals surface area contributed by atoms with E-state index >= 15 is 0 Å². The van der Waals surface area contributed by atoms with Crippen molar-refractivity contribution in [3.8, 4) is 11.4 Å². The van der Waals surface area contributed by atoms with Crippen LogP contribution in [-0.2, 0) is 11.3 Å². The topological polar surface area (TPSA) is 128 Å². The first kappa shape index (κ1) is 17.3. The Balaban J connectivity index is 1.97. The van der Waals surface area contributed by atoms with E-state index in [-0.39, 0.29) is 19.1 Å². The fraction of sp³-hybridized carbons (Fsp3) is 0.500. The predicted molar refractivity (Wildman–Crippen MR) is 105 cm³/mol. The second-order valence-electron chi connectivity index (χ2n) is 6.78. The number of morpholine rings is 1. The van der Waals surface area contributed by atoms with Gasteiger partial charge >= 0.3 is 0 Å². The van der Waals surface area contributed by atoms with E-state index in [4.69, 9.17) is 26.8 Å². The van der Waals surface area contributed by atoms with Crippen LogP contribution in [0.5, 0.6) is 0 Å². The number of aromatic nitrogens is 6. The normalized spacial score (nSPS) is 15.8. The van der Waals surface area contributed by atoms with Crippen LogP contribution in [-0.4, -0.2) is 67.5 Å². The Morgan fingerprint density at radius 2 is 1.93 bits per heavy atom.